The summed E-state index contributed by atoms with van der Waals surface area (Å²) in [4.78, 5) is 0. The van der Waals surface area contributed by atoms with E-state index in [9.17, 15) is 15.8 Å². The molecular formula is C45H25N5. The van der Waals surface area contributed by atoms with Crippen LogP contribution in [-0.2, 0) is 0 Å². The Morgan fingerprint density at radius 3 is 1.72 bits per heavy atom. The summed E-state index contributed by atoms with van der Waals surface area (Å²) in [6.07, 6.45) is 0. The average Bonchev–Trinajstić information content (AvgIpc) is 3.69. The van der Waals surface area contributed by atoms with Crippen LogP contribution >= 0.6 is 0 Å². The van der Waals surface area contributed by atoms with Gasteiger partial charge in [0.2, 0.25) is 0 Å². The molecule has 0 aliphatic heterocycles. The average molecular weight is 636 g/mol. The van der Waals surface area contributed by atoms with Crippen LogP contribution in [0.15, 0.2) is 152 Å². The Bertz CT molecular complexity index is 2900. The fourth-order valence-corrected chi connectivity index (χ4v) is 7.40. The fraction of sp³-hybridized carbons (Fsp3) is 0. The van der Waals surface area contributed by atoms with E-state index in [-0.39, 0.29) is 0 Å². The normalized spacial score (nSPS) is 11.1. The van der Waals surface area contributed by atoms with E-state index in [1.54, 1.807) is 12.1 Å². The second kappa shape index (κ2) is 11.4. The minimum absolute atomic E-state index is 0.534. The van der Waals surface area contributed by atoms with Gasteiger partial charge in [-0.3, -0.25) is 0 Å². The SMILES string of the molecule is N#Cc1ccc2c(c1)c1ccc(C#N)cc1n2-c1cccc(C#N)c1-c1cccc(-c2ccc(-n3c4ccccc4c4ccccc43)cc2)c1. The van der Waals surface area contributed by atoms with Gasteiger partial charge in [0, 0.05) is 32.8 Å². The molecule has 0 radical (unpaired) electrons. The first-order valence-corrected chi connectivity index (χ1v) is 16.3. The Morgan fingerprint density at radius 1 is 0.380 bits per heavy atom. The summed E-state index contributed by atoms with van der Waals surface area (Å²) in [5.74, 6) is 0. The summed E-state index contributed by atoms with van der Waals surface area (Å²) in [7, 11) is 0. The number of nitrogens with zero attached hydrogens (tertiary/aromatic N) is 5. The number of hydrogen-bond donors (Lipinski definition) is 0. The van der Waals surface area contributed by atoms with Crippen LogP contribution in [0, 0.1) is 34.0 Å². The molecule has 0 amide bonds. The molecule has 0 bridgehead atoms. The quantitative estimate of drug-likeness (QED) is 0.193. The van der Waals surface area contributed by atoms with Gasteiger partial charge in [0.1, 0.15) is 0 Å². The van der Waals surface area contributed by atoms with Crippen LogP contribution < -0.4 is 0 Å². The molecule has 2 heterocycles. The zero-order valence-corrected chi connectivity index (χ0v) is 26.7. The molecule has 9 aromatic rings. The fourth-order valence-electron chi connectivity index (χ4n) is 7.40. The van der Waals surface area contributed by atoms with Crippen molar-refractivity contribution in [3.63, 3.8) is 0 Å². The maximum Gasteiger partial charge on any atom is 0.0998 e. The lowest BCUT2D eigenvalue weighted by molar-refractivity contribution is 1.18. The number of hydrogen-bond acceptors (Lipinski definition) is 3. The largest absolute Gasteiger partial charge is 0.309 e. The number of fused-ring (bicyclic) bond motifs is 6. The number of nitriles is 3. The van der Waals surface area contributed by atoms with E-state index in [1.165, 1.54) is 21.8 Å². The highest BCUT2D eigenvalue weighted by molar-refractivity contribution is 6.11. The van der Waals surface area contributed by atoms with E-state index in [0.717, 1.165) is 55.4 Å². The maximum atomic E-state index is 10.4. The van der Waals surface area contributed by atoms with Gasteiger partial charge in [0.15, 0.2) is 0 Å². The highest BCUT2D eigenvalue weighted by atomic mass is 15.0. The van der Waals surface area contributed by atoms with Crippen molar-refractivity contribution in [3.05, 3.63) is 168 Å². The van der Waals surface area contributed by atoms with Crippen molar-refractivity contribution in [1.29, 1.82) is 15.8 Å². The molecule has 9 rings (SSSR count). The minimum atomic E-state index is 0.534. The highest BCUT2D eigenvalue weighted by Crippen LogP contribution is 2.40. The zero-order valence-electron chi connectivity index (χ0n) is 26.7. The van der Waals surface area contributed by atoms with Crippen molar-refractivity contribution < 1.29 is 0 Å². The molecule has 0 saturated carbocycles. The first-order valence-electron chi connectivity index (χ1n) is 16.3. The molecule has 0 aliphatic carbocycles. The second-order valence-corrected chi connectivity index (χ2v) is 12.3. The maximum absolute atomic E-state index is 10.4. The van der Waals surface area contributed by atoms with Gasteiger partial charge in [0.25, 0.3) is 0 Å². The Labute approximate surface area is 287 Å². The van der Waals surface area contributed by atoms with Gasteiger partial charge in [-0.2, -0.15) is 15.8 Å². The summed E-state index contributed by atoms with van der Waals surface area (Å²) < 4.78 is 4.42. The molecule has 230 valence electrons. The van der Waals surface area contributed by atoms with Gasteiger partial charge in [0.05, 0.1) is 62.7 Å². The molecule has 5 nitrogen and oxygen atoms in total. The van der Waals surface area contributed by atoms with Crippen LogP contribution in [0.5, 0.6) is 0 Å². The van der Waals surface area contributed by atoms with E-state index in [4.69, 9.17) is 0 Å². The van der Waals surface area contributed by atoms with Crippen LogP contribution in [0.1, 0.15) is 16.7 Å². The third-order valence-corrected chi connectivity index (χ3v) is 9.62. The molecule has 0 fully saturated rings. The zero-order chi connectivity index (χ0) is 33.8. The predicted octanol–water partition coefficient (Wildman–Crippen LogP) is 10.8. The molecule has 5 heteroatoms. The lowest BCUT2D eigenvalue weighted by Gasteiger charge is -2.16. The van der Waals surface area contributed by atoms with Crippen LogP contribution in [0.25, 0.3) is 77.2 Å². The van der Waals surface area contributed by atoms with Crippen LogP contribution in [-0.4, -0.2) is 9.13 Å². The molecule has 0 spiro atoms. The van der Waals surface area contributed by atoms with Gasteiger partial charge >= 0.3 is 0 Å². The number of rotatable bonds is 4. The molecule has 0 atom stereocenters. The van der Waals surface area contributed by atoms with Crippen molar-refractivity contribution in [1.82, 2.24) is 9.13 Å². The summed E-state index contributed by atoms with van der Waals surface area (Å²) in [5, 5.41) is 34.1. The molecule has 0 N–H and O–H groups in total. The second-order valence-electron chi connectivity index (χ2n) is 12.3. The summed E-state index contributed by atoms with van der Waals surface area (Å²) >= 11 is 0. The molecule has 50 heavy (non-hydrogen) atoms. The lowest BCUT2D eigenvalue weighted by Crippen LogP contribution is -2.00. The van der Waals surface area contributed by atoms with E-state index in [1.807, 2.05) is 54.6 Å². The van der Waals surface area contributed by atoms with Crippen LogP contribution in [0.4, 0.5) is 0 Å². The molecule has 0 saturated heterocycles. The van der Waals surface area contributed by atoms with E-state index in [2.05, 4.69) is 112 Å². The van der Waals surface area contributed by atoms with Gasteiger partial charge < -0.3 is 9.13 Å². The molecule has 0 unspecified atom stereocenters. The van der Waals surface area contributed by atoms with E-state index >= 15 is 0 Å². The van der Waals surface area contributed by atoms with Crippen molar-refractivity contribution in [3.8, 4) is 51.8 Å². The summed E-state index contributed by atoms with van der Waals surface area (Å²) in [6.45, 7) is 0. The molecular weight excluding hydrogens is 611 g/mol. The van der Waals surface area contributed by atoms with E-state index < -0.39 is 0 Å². The molecule has 7 aromatic carbocycles. The topological polar surface area (TPSA) is 81.2 Å². The smallest absolute Gasteiger partial charge is 0.0998 e. The van der Waals surface area contributed by atoms with Gasteiger partial charge in [-0.25, -0.2) is 0 Å². The van der Waals surface area contributed by atoms with Crippen LogP contribution in [0.3, 0.4) is 0 Å². The molecule has 0 aliphatic rings. The van der Waals surface area contributed by atoms with Gasteiger partial charge in [-0.05, 0) is 89.5 Å². The van der Waals surface area contributed by atoms with Crippen LogP contribution in [0.2, 0.25) is 0 Å². The van der Waals surface area contributed by atoms with Crippen molar-refractivity contribution >= 4 is 43.6 Å². The number of benzene rings is 7. The first-order chi connectivity index (χ1) is 24.7. The monoisotopic (exact) mass is 635 g/mol. The Kier molecular flexibility index (Phi) is 6.56. The summed E-state index contributed by atoms with van der Waals surface area (Å²) in [6, 6.07) is 57.9. The number of para-hydroxylation sites is 2. The first kappa shape index (κ1) is 28.8. The number of aromatic nitrogens is 2. The highest BCUT2D eigenvalue weighted by Gasteiger charge is 2.20. The standard InChI is InChI=1S/C45H25N5/c46-26-29-16-22-42-39(23-29)38-21-15-30(27-47)24-44(38)50(42)43-14-6-9-34(28-48)45(43)33-8-5-7-32(25-33)31-17-19-35(20-18-31)49-40-12-3-1-10-36(40)37-11-2-4-13-41(37)49/h1-25H. The Hall–Kier alpha value is -7.39. The van der Waals surface area contributed by atoms with Gasteiger partial charge in [-0.1, -0.05) is 78.9 Å². The van der Waals surface area contributed by atoms with E-state index in [0.29, 0.717) is 16.7 Å². The minimum Gasteiger partial charge on any atom is -0.309 e. The van der Waals surface area contributed by atoms with Gasteiger partial charge in [-0.15, -0.1) is 0 Å². The third kappa shape index (κ3) is 4.38. The summed E-state index contributed by atoms with van der Waals surface area (Å²) in [5.41, 5.74) is 11.4. The van der Waals surface area contributed by atoms with Crippen molar-refractivity contribution in [2.45, 2.75) is 0 Å². The van der Waals surface area contributed by atoms with Crippen molar-refractivity contribution in [2.24, 2.45) is 0 Å². The lowest BCUT2D eigenvalue weighted by atomic mass is 9.94. The predicted molar refractivity (Wildman–Crippen MR) is 200 cm³/mol. The molecule has 2 aromatic heterocycles. The Balaban J connectivity index is 1.20. The Morgan fingerprint density at radius 2 is 1.00 bits per heavy atom. The third-order valence-electron chi connectivity index (χ3n) is 9.62. The van der Waals surface area contributed by atoms with Crippen molar-refractivity contribution in [2.75, 3.05) is 0 Å².